The smallest absolute Gasteiger partial charge is 0.327 e. The summed E-state index contributed by atoms with van der Waals surface area (Å²) in [5.74, 6) is -1.63. The molecule has 0 radical (unpaired) electrons. The topological polar surface area (TPSA) is 66.4 Å². The maximum Gasteiger partial charge on any atom is 0.327 e. The summed E-state index contributed by atoms with van der Waals surface area (Å²) in [7, 11) is 0. The second-order valence-electron chi connectivity index (χ2n) is 3.36. The third-order valence-electron chi connectivity index (χ3n) is 1.88. The minimum absolute atomic E-state index is 0.331. The number of amides is 1. The number of nitrogens with one attached hydrogen (secondary N) is 1. The minimum atomic E-state index is -2.09. The molecule has 0 saturated carbocycles. The number of aliphatic carboxylic acids is 1. The van der Waals surface area contributed by atoms with Crippen LogP contribution in [0, 0.1) is 0 Å². The number of hydrogen-bond donors (Lipinski definition) is 2. The number of rotatable bonds is 6. The Hall–Kier alpha value is -1.49. The van der Waals surface area contributed by atoms with Gasteiger partial charge in [0.1, 0.15) is 6.04 Å². The molecule has 1 rings (SSSR count). The van der Waals surface area contributed by atoms with Crippen LogP contribution in [0.25, 0.3) is 0 Å². The fraction of sp³-hybridized carbons (Fsp3) is 0.333. The Morgan fingerprint density at radius 3 is 2.65 bits per heavy atom. The first-order valence-electron chi connectivity index (χ1n) is 6.00. The van der Waals surface area contributed by atoms with Gasteiger partial charge in [0.05, 0.1) is 0 Å². The van der Waals surface area contributed by atoms with Crippen LogP contribution in [-0.4, -0.2) is 28.7 Å². The molecular weight excluding hydrogens is 238 g/mol. The molecule has 1 atom stereocenters. The van der Waals surface area contributed by atoms with Gasteiger partial charge in [0.25, 0.3) is 0 Å². The molecule has 17 heavy (non-hydrogen) atoms. The van der Waals surface area contributed by atoms with Crippen molar-refractivity contribution < 1.29 is 17.4 Å². The van der Waals surface area contributed by atoms with E-state index in [1.807, 2.05) is 30.3 Å². The van der Waals surface area contributed by atoms with Crippen LogP contribution in [0.15, 0.2) is 30.3 Å². The lowest BCUT2D eigenvalue weighted by molar-refractivity contribution is -0.140. The summed E-state index contributed by atoms with van der Waals surface area (Å²) in [6.45, 7) is 1.16. The molecule has 0 bridgehead atoms. The molecule has 0 aromatic heterocycles. The summed E-state index contributed by atoms with van der Waals surface area (Å²) in [4.78, 5) is 22.0. The minimum Gasteiger partial charge on any atom is -0.480 e. The van der Waals surface area contributed by atoms with E-state index in [1.54, 1.807) is 0 Å². The molecule has 2 N–H and O–H groups in total. The maximum atomic E-state index is 11.0. The zero-order chi connectivity index (χ0) is 14.5. The molecule has 1 aromatic carbocycles. The number of hydrogen-bond acceptors (Lipinski definition) is 3. The SMILES string of the molecule is [2H]C([2H])(SCc1ccccc1)C(NC(C)=O)C(=O)O. The van der Waals surface area contributed by atoms with E-state index in [0.717, 1.165) is 24.2 Å². The normalized spacial score (nSPS) is 14.4. The van der Waals surface area contributed by atoms with E-state index in [2.05, 4.69) is 5.32 Å². The van der Waals surface area contributed by atoms with Gasteiger partial charge in [0.2, 0.25) is 5.91 Å². The third-order valence-corrected chi connectivity index (χ3v) is 2.76. The number of carbonyl (C=O) groups excluding carboxylic acids is 1. The molecule has 0 heterocycles. The summed E-state index contributed by atoms with van der Waals surface area (Å²) < 4.78 is 15.6. The average Bonchev–Trinajstić information content (AvgIpc) is 2.34. The van der Waals surface area contributed by atoms with E-state index >= 15 is 0 Å². The Kier molecular flexibility index (Phi) is 4.36. The van der Waals surface area contributed by atoms with Crippen LogP contribution in [0.2, 0.25) is 0 Å². The number of carbonyl (C=O) groups is 2. The van der Waals surface area contributed by atoms with Gasteiger partial charge in [-0.05, 0) is 5.56 Å². The van der Waals surface area contributed by atoms with Crippen molar-refractivity contribution in [1.29, 1.82) is 0 Å². The lowest BCUT2D eigenvalue weighted by Gasteiger charge is -2.12. The third kappa shape index (κ3) is 5.40. The predicted octanol–water partition coefficient (Wildman–Crippen LogP) is 1.51. The van der Waals surface area contributed by atoms with Crippen LogP contribution in [0.3, 0.4) is 0 Å². The van der Waals surface area contributed by atoms with E-state index in [1.165, 1.54) is 0 Å². The standard InChI is InChI=1S/C12H15NO3S/c1-9(14)13-11(12(15)16)8-17-7-10-5-3-2-4-6-10/h2-6,11H,7-8H2,1H3,(H,13,14)(H,15,16)/i8D2. The molecule has 0 aliphatic carbocycles. The second-order valence-corrected chi connectivity index (χ2v) is 4.18. The van der Waals surface area contributed by atoms with Crippen LogP contribution < -0.4 is 5.32 Å². The van der Waals surface area contributed by atoms with Crippen LogP contribution in [0.1, 0.15) is 15.2 Å². The first-order valence-corrected chi connectivity index (χ1v) is 5.99. The molecule has 1 amide bonds. The van der Waals surface area contributed by atoms with Crippen molar-refractivity contribution in [3.05, 3.63) is 35.9 Å². The summed E-state index contributed by atoms with van der Waals surface area (Å²) in [6, 6.07) is 7.59. The highest BCUT2D eigenvalue weighted by molar-refractivity contribution is 7.98. The highest BCUT2D eigenvalue weighted by Crippen LogP contribution is 2.12. The molecular formula is C12H15NO3S. The van der Waals surface area contributed by atoms with Crippen molar-refractivity contribution >= 4 is 23.6 Å². The largest absolute Gasteiger partial charge is 0.480 e. The van der Waals surface area contributed by atoms with Crippen molar-refractivity contribution in [2.24, 2.45) is 0 Å². The van der Waals surface area contributed by atoms with Gasteiger partial charge in [-0.2, -0.15) is 11.8 Å². The van der Waals surface area contributed by atoms with Gasteiger partial charge in [-0.1, -0.05) is 30.3 Å². The molecule has 0 saturated heterocycles. The van der Waals surface area contributed by atoms with E-state index in [4.69, 9.17) is 7.85 Å². The highest BCUT2D eigenvalue weighted by atomic mass is 32.2. The highest BCUT2D eigenvalue weighted by Gasteiger charge is 2.17. The fourth-order valence-corrected chi connectivity index (χ4v) is 1.90. The Labute approximate surface area is 107 Å². The molecule has 92 valence electrons. The molecule has 0 aliphatic rings. The molecule has 5 heteroatoms. The van der Waals surface area contributed by atoms with Crippen molar-refractivity contribution in [3.8, 4) is 0 Å². The Bertz CT molecular complexity index is 454. The van der Waals surface area contributed by atoms with Crippen molar-refractivity contribution in [3.63, 3.8) is 0 Å². The summed E-state index contributed by atoms with van der Waals surface area (Å²) in [5, 5.41) is 11.1. The van der Waals surface area contributed by atoms with E-state index < -0.39 is 23.6 Å². The molecule has 4 nitrogen and oxygen atoms in total. The zero-order valence-corrected chi connectivity index (χ0v) is 10.2. The summed E-state index contributed by atoms with van der Waals surface area (Å²) in [6.07, 6.45) is 0. The molecule has 0 aliphatic heterocycles. The van der Waals surface area contributed by atoms with Crippen molar-refractivity contribution in [1.82, 2.24) is 5.32 Å². The Morgan fingerprint density at radius 1 is 1.47 bits per heavy atom. The quantitative estimate of drug-likeness (QED) is 0.808. The van der Waals surface area contributed by atoms with Gasteiger partial charge in [-0.3, -0.25) is 4.79 Å². The van der Waals surface area contributed by atoms with E-state index in [-0.39, 0.29) is 0 Å². The number of benzene rings is 1. The fourth-order valence-electron chi connectivity index (χ4n) is 1.13. The predicted molar refractivity (Wildman–Crippen MR) is 67.8 cm³/mol. The van der Waals surface area contributed by atoms with Crippen LogP contribution >= 0.6 is 11.8 Å². The first-order chi connectivity index (χ1) is 8.83. The number of thioether (sulfide) groups is 1. The zero-order valence-electron chi connectivity index (χ0n) is 11.3. The molecule has 0 spiro atoms. The van der Waals surface area contributed by atoms with E-state index in [0.29, 0.717) is 5.75 Å². The Morgan fingerprint density at radius 2 is 2.12 bits per heavy atom. The van der Waals surface area contributed by atoms with Gasteiger partial charge >= 0.3 is 5.97 Å². The van der Waals surface area contributed by atoms with Crippen LogP contribution in [-0.2, 0) is 15.3 Å². The number of carboxylic acids is 1. The number of carboxylic acid groups (broad SMARTS) is 1. The van der Waals surface area contributed by atoms with Gasteiger partial charge in [-0.25, -0.2) is 4.79 Å². The monoisotopic (exact) mass is 255 g/mol. The maximum absolute atomic E-state index is 11.0. The molecule has 0 fully saturated rings. The first kappa shape index (κ1) is 10.7. The molecule has 1 unspecified atom stereocenters. The summed E-state index contributed by atoms with van der Waals surface area (Å²) >= 11 is 0.848. The van der Waals surface area contributed by atoms with Crippen molar-refractivity contribution in [2.45, 2.75) is 18.7 Å². The van der Waals surface area contributed by atoms with E-state index in [9.17, 15) is 9.59 Å². The second kappa shape index (κ2) is 6.96. The lowest BCUT2D eigenvalue weighted by atomic mass is 10.2. The molecule has 1 aromatic rings. The average molecular weight is 255 g/mol. The van der Waals surface area contributed by atoms with Gasteiger partial charge in [-0.15, -0.1) is 0 Å². The van der Waals surface area contributed by atoms with Gasteiger partial charge in [0, 0.05) is 21.1 Å². The van der Waals surface area contributed by atoms with Crippen LogP contribution in [0.5, 0.6) is 0 Å². The lowest BCUT2D eigenvalue weighted by Crippen LogP contribution is -2.41. The van der Waals surface area contributed by atoms with Gasteiger partial charge in [0.15, 0.2) is 0 Å². The van der Waals surface area contributed by atoms with Crippen molar-refractivity contribution in [2.75, 3.05) is 5.70 Å². The summed E-state index contributed by atoms with van der Waals surface area (Å²) in [5.41, 5.74) is -1.20. The van der Waals surface area contributed by atoms with Crippen LogP contribution in [0.4, 0.5) is 0 Å². The Balaban J connectivity index is 2.71. The van der Waals surface area contributed by atoms with Gasteiger partial charge < -0.3 is 10.4 Å².